The van der Waals surface area contributed by atoms with Gasteiger partial charge in [-0.25, -0.2) is 9.37 Å². The number of nitrogens with two attached hydrogens (primary N) is 1. The average Bonchev–Trinajstić information content (AvgIpc) is 2.42. The van der Waals surface area contributed by atoms with Crippen LogP contribution in [0, 0.1) is 5.82 Å². The average molecular weight is 281 g/mol. The van der Waals surface area contributed by atoms with Crippen LogP contribution in [0.3, 0.4) is 0 Å². The van der Waals surface area contributed by atoms with E-state index in [0.29, 0.717) is 18.2 Å². The minimum atomic E-state index is -0.523. The highest BCUT2D eigenvalue weighted by atomic mass is 35.5. The molecule has 0 aliphatic rings. The van der Waals surface area contributed by atoms with Gasteiger partial charge in [0.2, 0.25) is 5.88 Å². The lowest BCUT2D eigenvalue weighted by Crippen LogP contribution is -2.01. The number of nitrogens with zero attached hydrogens (tertiary/aromatic N) is 1. The molecule has 2 rings (SSSR count). The molecular weight excluding hydrogens is 267 g/mol. The number of hydrogen-bond acceptors (Lipinski definition) is 3. The summed E-state index contributed by atoms with van der Waals surface area (Å²) in [4.78, 5) is 4.31. The topological polar surface area (TPSA) is 48.1 Å². The molecule has 3 nitrogen and oxygen atoms in total. The van der Waals surface area contributed by atoms with E-state index in [1.165, 1.54) is 12.1 Å². The van der Waals surface area contributed by atoms with E-state index in [-0.39, 0.29) is 5.02 Å². The summed E-state index contributed by atoms with van der Waals surface area (Å²) in [6.07, 6.45) is 0.777. The van der Waals surface area contributed by atoms with E-state index in [1.54, 1.807) is 12.1 Å². The van der Waals surface area contributed by atoms with Gasteiger partial charge in [-0.1, -0.05) is 18.5 Å². The predicted octanol–water partition coefficient (Wildman–Crippen LogP) is 3.69. The fourth-order valence-corrected chi connectivity index (χ4v) is 1.75. The van der Waals surface area contributed by atoms with E-state index in [1.807, 2.05) is 13.0 Å². The third-order valence-electron chi connectivity index (χ3n) is 2.63. The van der Waals surface area contributed by atoms with Crippen LogP contribution in [0.25, 0.3) is 0 Å². The largest absolute Gasteiger partial charge is 0.439 e. The van der Waals surface area contributed by atoms with Crippen LogP contribution in [-0.4, -0.2) is 4.98 Å². The third-order valence-corrected chi connectivity index (χ3v) is 2.93. The first kappa shape index (κ1) is 13.8. The Balaban J connectivity index is 2.29. The Bertz CT molecular complexity index is 567. The van der Waals surface area contributed by atoms with E-state index in [4.69, 9.17) is 22.1 Å². The lowest BCUT2D eigenvalue weighted by Gasteiger charge is -2.08. The second-order valence-electron chi connectivity index (χ2n) is 4.04. The number of ether oxygens (including phenoxy) is 1. The van der Waals surface area contributed by atoms with Crippen molar-refractivity contribution in [2.45, 2.75) is 19.9 Å². The van der Waals surface area contributed by atoms with Gasteiger partial charge in [0.1, 0.15) is 11.6 Å². The molecule has 0 fully saturated rings. The first-order valence-corrected chi connectivity index (χ1v) is 6.33. The number of aryl methyl sites for hydroxylation is 1. The Hall–Kier alpha value is -1.65. The summed E-state index contributed by atoms with van der Waals surface area (Å²) in [7, 11) is 0. The number of pyridine rings is 1. The zero-order valence-corrected chi connectivity index (χ0v) is 11.2. The van der Waals surface area contributed by atoms with Crippen LogP contribution in [0.15, 0.2) is 30.3 Å². The molecule has 2 aromatic rings. The molecule has 0 bridgehead atoms. The maximum absolute atomic E-state index is 13.3. The number of rotatable bonds is 4. The predicted molar refractivity (Wildman–Crippen MR) is 73.0 cm³/mol. The quantitative estimate of drug-likeness (QED) is 0.929. The highest BCUT2D eigenvalue weighted by Gasteiger charge is 2.06. The summed E-state index contributed by atoms with van der Waals surface area (Å²) >= 11 is 5.62. The van der Waals surface area contributed by atoms with Gasteiger partial charge >= 0.3 is 0 Å². The summed E-state index contributed by atoms with van der Waals surface area (Å²) in [5.41, 5.74) is 7.43. The fraction of sp³-hybridized carbons (Fsp3) is 0.214. The van der Waals surface area contributed by atoms with Crippen molar-refractivity contribution in [3.8, 4) is 11.6 Å². The maximum Gasteiger partial charge on any atom is 0.219 e. The molecule has 0 radical (unpaired) electrons. The summed E-state index contributed by atoms with van der Waals surface area (Å²) in [6, 6.07) is 7.93. The van der Waals surface area contributed by atoms with Crippen LogP contribution in [0.2, 0.25) is 5.02 Å². The monoisotopic (exact) mass is 280 g/mol. The Morgan fingerprint density at radius 1 is 1.32 bits per heavy atom. The molecule has 5 heteroatoms. The van der Waals surface area contributed by atoms with E-state index >= 15 is 0 Å². The number of hydrogen-bond donors (Lipinski definition) is 1. The molecule has 1 aromatic heterocycles. The molecule has 0 unspecified atom stereocenters. The molecular formula is C14H14ClFN2O. The summed E-state index contributed by atoms with van der Waals surface area (Å²) in [6.45, 7) is 2.40. The van der Waals surface area contributed by atoms with E-state index in [0.717, 1.165) is 17.7 Å². The second kappa shape index (κ2) is 5.99. The lowest BCUT2D eigenvalue weighted by molar-refractivity contribution is 0.455. The number of aromatic nitrogens is 1. The van der Waals surface area contributed by atoms with E-state index in [9.17, 15) is 4.39 Å². The Labute approximate surface area is 116 Å². The lowest BCUT2D eigenvalue weighted by atomic mass is 10.2. The zero-order valence-electron chi connectivity index (χ0n) is 10.5. The standard InChI is InChI=1S/C14H14ClFN2O/c1-2-10-5-9(8-17)6-14(18-10)19-11-3-4-12(15)13(16)7-11/h3-7H,2,8,17H2,1H3. The van der Waals surface area contributed by atoms with Crippen molar-refractivity contribution >= 4 is 11.6 Å². The van der Waals surface area contributed by atoms with Gasteiger partial charge in [-0.05, 0) is 30.2 Å². The molecule has 19 heavy (non-hydrogen) atoms. The van der Waals surface area contributed by atoms with E-state index in [2.05, 4.69) is 4.98 Å². The van der Waals surface area contributed by atoms with Gasteiger partial charge in [-0.15, -0.1) is 0 Å². The molecule has 0 saturated heterocycles. The minimum absolute atomic E-state index is 0.0604. The molecule has 0 atom stereocenters. The second-order valence-corrected chi connectivity index (χ2v) is 4.45. The fourth-order valence-electron chi connectivity index (χ4n) is 1.63. The van der Waals surface area contributed by atoms with Crippen molar-refractivity contribution in [1.29, 1.82) is 0 Å². The van der Waals surface area contributed by atoms with Gasteiger partial charge in [-0.2, -0.15) is 0 Å². The van der Waals surface area contributed by atoms with Gasteiger partial charge in [0, 0.05) is 24.4 Å². The van der Waals surface area contributed by atoms with Gasteiger partial charge in [0.05, 0.1) is 5.02 Å². The van der Waals surface area contributed by atoms with Crippen molar-refractivity contribution < 1.29 is 9.13 Å². The van der Waals surface area contributed by atoms with Crippen LogP contribution < -0.4 is 10.5 Å². The Morgan fingerprint density at radius 2 is 2.11 bits per heavy atom. The van der Waals surface area contributed by atoms with Crippen LogP contribution in [-0.2, 0) is 13.0 Å². The first-order valence-electron chi connectivity index (χ1n) is 5.95. The van der Waals surface area contributed by atoms with Crippen LogP contribution in [0.4, 0.5) is 4.39 Å². The first-order chi connectivity index (χ1) is 9.12. The highest BCUT2D eigenvalue weighted by molar-refractivity contribution is 6.30. The van der Waals surface area contributed by atoms with Gasteiger partial charge in [0.15, 0.2) is 0 Å². The smallest absolute Gasteiger partial charge is 0.219 e. The zero-order chi connectivity index (χ0) is 13.8. The summed E-state index contributed by atoms with van der Waals surface area (Å²) in [5, 5.41) is 0.0604. The van der Waals surface area contributed by atoms with Crippen molar-refractivity contribution in [3.63, 3.8) is 0 Å². The number of benzene rings is 1. The molecule has 2 N–H and O–H groups in total. The molecule has 0 amide bonds. The SMILES string of the molecule is CCc1cc(CN)cc(Oc2ccc(Cl)c(F)c2)n1. The summed E-state index contributed by atoms with van der Waals surface area (Å²) < 4.78 is 18.9. The molecule has 1 aromatic carbocycles. The summed E-state index contributed by atoms with van der Waals surface area (Å²) in [5.74, 6) is 0.233. The highest BCUT2D eigenvalue weighted by Crippen LogP contribution is 2.25. The maximum atomic E-state index is 13.3. The molecule has 0 aliphatic heterocycles. The van der Waals surface area contributed by atoms with E-state index < -0.39 is 5.82 Å². The Kier molecular flexibility index (Phi) is 4.35. The van der Waals surface area contributed by atoms with Crippen molar-refractivity contribution in [2.24, 2.45) is 5.73 Å². The minimum Gasteiger partial charge on any atom is -0.439 e. The van der Waals surface area contributed by atoms with Gasteiger partial charge < -0.3 is 10.5 Å². The van der Waals surface area contributed by atoms with Crippen molar-refractivity contribution in [2.75, 3.05) is 0 Å². The van der Waals surface area contributed by atoms with Gasteiger partial charge in [0.25, 0.3) is 0 Å². The molecule has 100 valence electrons. The molecule has 0 saturated carbocycles. The number of halogens is 2. The van der Waals surface area contributed by atoms with Crippen molar-refractivity contribution in [3.05, 3.63) is 52.4 Å². The van der Waals surface area contributed by atoms with Crippen LogP contribution >= 0.6 is 11.6 Å². The molecule has 0 aliphatic carbocycles. The molecule has 0 spiro atoms. The normalized spacial score (nSPS) is 10.5. The molecule has 1 heterocycles. The van der Waals surface area contributed by atoms with Gasteiger partial charge in [-0.3, -0.25) is 0 Å². The third kappa shape index (κ3) is 3.43. The van der Waals surface area contributed by atoms with Crippen LogP contribution in [0.1, 0.15) is 18.2 Å². The van der Waals surface area contributed by atoms with Crippen LogP contribution in [0.5, 0.6) is 11.6 Å². The van der Waals surface area contributed by atoms with Crippen molar-refractivity contribution in [1.82, 2.24) is 4.98 Å². The Morgan fingerprint density at radius 3 is 2.74 bits per heavy atom.